The molecule has 8 heteroatoms. The molecule has 0 fully saturated rings. The zero-order valence-electron chi connectivity index (χ0n) is 13.9. The van der Waals surface area contributed by atoms with Gasteiger partial charge in [-0.15, -0.1) is 0 Å². The number of aromatic hydroxyl groups is 1. The summed E-state index contributed by atoms with van der Waals surface area (Å²) in [7, 11) is 0. The predicted octanol–water partition coefficient (Wildman–Crippen LogP) is 4.03. The summed E-state index contributed by atoms with van der Waals surface area (Å²) in [5, 5.41) is 20.1. The largest absolute Gasteiger partial charge is 0.508 e. The van der Waals surface area contributed by atoms with Gasteiger partial charge in [-0.05, 0) is 41.5 Å². The fourth-order valence-corrected chi connectivity index (χ4v) is 3.24. The quantitative estimate of drug-likeness (QED) is 0.622. The number of aliphatic hydroxyl groups excluding tert-OH is 1. The minimum Gasteiger partial charge on any atom is -0.508 e. The number of aromatic nitrogens is 1. The van der Waals surface area contributed by atoms with Crippen LogP contribution in [0.3, 0.4) is 0 Å². The first-order valence-corrected chi connectivity index (χ1v) is 8.41. The fraction of sp³-hybridized carbons (Fsp3) is 0.211. The van der Waals surface area contributed by atoms with Crippen LogP contribution in [-0.4, -0.2) is 21.8 Å². The summed E-state index contributed by atoms with van der Waals surface area (Å²) in [6.45, 7) is -0.302. The molecule has 1 aromatic heterocycles. The molecule has 0 saturated carbocycles. The van der Waals surface area contributed by atoms with E-state index >= 15 is 0 Å². The Kier molecular flexibility index (Phi) is 5.17. The molecular weight excluding hydrogens is 383 g/mol. The van der Waals surface area contributed by atoms with E-state index in [2.05, 4.69) is 4.98 Å². The Hall–Kier alpha value is -2.51. The van der Waals surface area contributed by atoms with Gasteiger partial charge < -0.3 is 15.2 Å². The lowest BCUT2D eigenvalue weighted by atomic mass is 9.94. The Balaban J connectivity index is 2.25. The maximum atomic E-state index is 13.0. The lowest BCUT2D eigenvalue weighted by Gasteiger charge is -2.15. The summed E-state index contributed by atoms with van der Waals surface area (Å²) in [5.41, 5.74) is -0.302. The van der Waals surface area contributed by atoms with Crippen molar-refractivity contribution in [1.82, 2.24) is 4.98 Å². The smallest absolute Gasteiger partial charge is 0.416 e. The van der Waals surface area contributed by atoms with Gasteiger partial charge >= 0.3 is 6.18 Å². The minimum atomic E-state index is -4.54. The monoisotopic (exact) mass is 397 g/mol. The Bertz CT molecular complexity index is 1060. The van der Waals surface area contributed by atoms with Crippen LogP contribution in [0.25, 0.3) is 10.9 Å². The van der Waals surface area contributed by atoms with Crippen molar-refractivity contribution in [3.63, 3.8) is 0 Å². The second-order valence-electron chi connectivity index (χ2n) is 6.09. The van der Waals surface area contributed by atoms with Crippen LogP contribution in [0.1, 0.15) is 22.3 Å². The van der Waals surface area contributed by atoms with Crippen molar-refractivity contribution < 1.29 is 23.4 Å². The number of benzene rings is 2. The van der Waals surface area contributed by atoms with Crippen LogP contribution < -0.4 is 5.56 Å². The van der Waals surface area contributed by atoms with Gasteiger partial charge in [0.2, 0.25) is 0 Å². The molecule has 0 saturated heterocycles. The summed E-state index contributed by atoms with van der Waals surface area (Å²) < 4.78 is 39.0. The van der Waals surface area contributed by atoms with E-state index in [9.17, 15) is 28.2 Å². The van der Waals surface area contributed by atoms with Crippen molar-refractivity contribution in [1.29, 1.82) is 0 Å². The van der Waals surface area contributed by atoms with Gasteiger partial charge in [0.1, 0.15) is 5.75 Å². The van der Waals surface area contributed by atoms with Crippen molar-refractivity contribution in [2.24, 2.45) is 0 Å². The minimum absolute atomic E-state index is 0.0307. The van der Waals surface area contributed by atoms with Gasteiger partial charge in [-0.1, -0.05) is 17.7 Å². The molecule has 0 atom stereocenters. The van der Waals surface area contributed by atoms with Gasteiger partial charge in [-0.3, -0.25) is 4.79 Å². The fourth-order valence-electron chi connectivity index (χ4n) is 3.05. The first kappa shape index (κ1) is 19.3. The molecule has 1 heterocycles. The Morgan fingerprint density at radius 3 is 2.48 bits per heavy atom. The van der Waals surface area contributed by atoms with Gasteiger partial charge in [-0.25, -0.2) is 0 Å². The third-order valence-corrected chi connectivity index (χ3v) is 4.56. The van der Waals surface area contributed by atoms with E-state index in [4.69, 9.17) is 11.6 Å². The van der Waals surface area contributed by atoms with E-state index in [1.807, 2.05) is 0 Å². The van der Waals surface area contributed by atoms with Gasteiger partial charge in [-0.2, -0.15) is 13.2 Å². The highest BCUT2D eigenvalue weighted by molar-refractivity contribution is 6.30. The van der Waals surface area contributed by atoms with Crippen molar-refractivity contribution in [3.8, 4) is 5.75 Å². The predicted molar refractivity (Wildman–Crippen MR) is 96.3 cm³/mol. The summed E-state index contributed by atoms with van der Waals surface area (Å²) in [4.78, 5) is 14.9. The molecular formula is C19H15ClF3NO3. The average molecular weight is 398 g/mol. The second-order valence-corrected chi connectivity index (χ2v) is 6.53. The van der Waals surface area contributed by atoms with Gasteiger partial charge in [0.15, 0.2) is 0 Å². The van der Waals surface area contributed by atoms with E-state index in [1.54, 1.807) is 0 Å². The van der Waals surface area contributed by atoms with E-state index < -0.39 is 17.3 Å². The van der Waals surface area contributed by atoms with Crippen molar-refractivity contribution in [2.45, 2.75) is 19.0 Å². The molecule has 0 aliphatic heterocycles. The number of pyridine rings is 1. The topological polar surface area (TPSA) is 73.3 Å². The van der Waals surface area contributed by atoms with Gasteiger partial charge in [0.05, 0.1) is 5.56 Å². The lowest BCUT2D eigenvalue weighted by molar-refractivity contribution is -0.137. The number of rotatable bonds is 4. The number of hydrogen-bond acceptors (Lipinski definition) is 3. The second kappa shape index (κ2) is 7.25. The molecule has 27 heavy (non-hydrogen) atoms. The van der Waals surface area contributed by atoms with Crippen LogP contribution >= 0.6 is 11.6 Å². The zero-order valence-corrected chi connectivity index (χ0v) is 14.7. The Morgan fingerprint density at radius 1 is 1.07 bits per heavy atom. The Morgan fingerprint density at radius 2 is 1.81 bits per heavy atom. The first-order valence-electron chi connectivity index (χ1n) is 8.04. The van der Waals surface area contributed by atoms with E-state index in [0.29, 0.717) is 21.5 Å². The molecule has 4 nitrogen and oxygen atoms in total. The zero-order chi connectivity index (χ0) is 19.8. The van der Waals surface area contributed by atoms with Crippen molar-refractivity contribution in [2.75, 3.05) is 6.61 Å². The van der Waals surface area contributed by atoms with Crippen molar-refractivity contribution in [3.05, 3.63) is 74.0 Å². The maximum absolute atomic E-state index is 13.0. The number of aromatic amines is 1. The molecule has 0 aliphatic rings. The van der Waals surface area contributed by atoms with Crippen LogP contribution in [0, 0.1) is 0 Å². The van der Waals surface area contributed by atoms with E-state index in [-0.39, 0.29) is 36.3 Å². The number of nitrogens with one attached hydrogen (secondary N) is 1. The molecule has 0 amide bonds. The molecule has 3 N–H and O–H groups in total. The molecule has 3 rings (SSSR count). The summed E-state index contributed by atoms with van der Waals surface area (Å²) in [6.07, 6.45) is -4.43. The van der Waals surface area contributed by atoms with Gasteiger partial charge in [0.25, 0.3) is 5.56 Å². The van der Waals surface area contributed by atoms with E-state index in [0.717, 1.165) is 12.1 Å². The third-order valence-electron chi connectivity index (χ3n) is 4.33. The van der Waals surface area contributed by atoms with Crippen LogP contribution in [-0.2, 0) is 19.0 Å². The standard InChI is InChI=1S/C19H15ClF3NO3/c20-12-2-4-17(26)10(7-12)8-15-13-3-1-11(19(21,22)23)9-16(13)24-18(27)14(15)5-6-25/h1-4,7,9,25-26H,5-6,8H2,(H,24,27). The van der Waals surface area contributed by atoms with Crippen LogP contribution in [0.15, 0.2) is 41.2 Å². The maximum Gasteiger partial charge on any atom is 0.416 e. The van der Waals surface area contributed by atoms with Crippen molar-refractivity contribution >= 4 is 22.5 Å². The normalized spacial score (nSPS) is 11.9. The average Bonchev–Trinajstić information content (AvgIpc) is 2.59. The molecule has 0 radical (unpaired) electrons. The number of H-pyrrole nitrogens is 1. The summed E-state index contributed by atoms with van der Waals surface area (Å²) in [5.74, 6) is -0.0466. The SMILES string of the molecule is O=c1[nH]c2cc(C(F)(F)F)ccc2c(Cc2cc(Cl)ccc2O)c1CCO. The van der Waals surface area contributed by atoms with Gasteiger partial charge in [0, 0.05) is 40.9 Å². The highest BCUT2D eigenvalue weighted by atomic mass is 35.5. The number of hydrogen-bond donors (Lipinski definition) is 3. The lowest BCUT2D eigenvalue weighted by Crippen LogP contribution is -2.18. The van der Waals surface area contributed by atoms with Crippen LogP contribution in [0.5, 0.6) is 5.75 Å². The first-order chi connectivity index (χ1) is 12.7. The number of phenolic OH excluding ortho intramolecular Hbond substituents is 1. The molecule has 0 spiro atoms. The number of alkyl halides is 3. The molecule has 3 aromatic rings. The molecule has 0 unspecified atom stereocenters. The molecule has 142 valence electrons. The van der Waals surface area contributed by atoms with Crippen LogP contribution in [0.2, 0.25) is 5.02 Å². The molecule has 2 aromatic carbocycles. The highest BCUT2D eigenvalue weighted by Gasteiger charge is 2.31. The highest BCUT2D eigenvalue weighted by Crippen LogP contribution is 2.33. The number of aliphatic hydroxyl groups is 1. The molecule has 0 aliphatic carbocycles. The van der Waals surface area contributed by atoms with Crippen LogP contribution in [0.4, 0.5) is 13.2 Å². The number of phenols is 1. The Labute approximate surface area is 156 Å². The molecule has 0 bridgehead atoms. The summed E-state index contributed by atoms with van der Waals surface area (Å²) >= 11 is 5.96. The number of fused-ring (bicyclic) bond motifs is 1. The third kappa shape index (κ3) is 3.94. The summed E-state index contributed by atoms with van der Waals surface area (Å²) in [6, 6.07) is 7.52. The van der Waals surface area contributed by atoms with E-state index in [1.165, 1.54) is 24.3 Å². The number of halogens is 4.